The van der Waals surface area contributed by atoms with Gasteiger partial charge in [0.05, 0.1) is 18.0 Å². The summed E-state index contributed by atoms with van der Waals surface area (Å²) in [6.07, 6.45) is 4.48. The minimum atomic E-state index is -0.330. The summed E-state index contributed by atoms with van der Waals surface area (Å²) in [6, 6.07) is 6.87. The molecule has 1 aliphatic carbocycles. The van der Waals surface area contributed by atoms with Crippen LogP contribution in [0, 0.1) is 22.0 Å². The molecule has 0 aliphatic heterocycles. The Morgan fingerprint density at radius 2 is 2.00 bits per heavy atom. The number of carbonyl (C=O) groups excluding carboxylic acids is 1. The Kier molecular flexibility index (Phi) is 6.52. The number of nitrogens with zero attached hydrogens (tertiary/aromatic N) is 1. The second kappa shape index (κ2) is 8.62. The molecule has 0 spiro atoms. The van der Waals surface area contributed by atoms with Gasteiger partial charge in [-0.05, 0) is 51.1 Å². The molecule has 0 unspecified atom stereocenters. The molecular weight excluding hydrogens is 296 g/mol. The number of benzene rings is 1. The lowest BCUT2D eigenvalue weighted by Gasteiger charge is -2.27. The highest BCUT2D eigenvalue weighted by Crippen LogP contribution is 2.29. The van der Waals surface area contributed by atoms with Crippen LogP contribution in [0.5, 0.6) is 0 Å². The van der Waals surface area contributed by atoms with Gasteiger partial charge < -0.3 is 10.1 Å². The molecule has 0 saturated heterocycles. The highest BCUT2D eigenvalue weighted by Gasteiger charge is 2.26. The Hall–Kier alpha value is -1.95. The molecule has 0 bridgehead atoms. The van der Waals surface area contributed by atoms with E-state index < -0.39 is 0 Å². The highest BCUT2D eigenvalue weighted by molar-refractivity contribution is 5.72. The van der Waals surface area contributed by atoms with E-state index in [4.69, 9.17) is 4.74 Å². The van der Waals surface area contributed by atoms with Crippen LogP contribution in [0.25, 0.3) is 0 Å². The standard InChI is InChI=1S/C17H24N2O4/c1-23-17(20)15-8-6-13(7-9-15)12-18-11-10-14-4-2-3-5-16(14)19(21)22/h2-5,13,15,18H,6-12H2,1H3. The molecule has 126 valence electrons. The highest BCUT2D eigenvalue weighted by atomic mass is 16.6. The van der Waals surface area contributed by atoms with Gasteiger partial charge >= 0.3 is 5.97 Å². The van der Waals surface area contributed by atoms with Crippen LogP contribution in [0.4, 0.5) is 5.69 Å². The summed E-state index contributed by atoms with van der Waals surface area (Å²) in [5, 5.41) is 14.3. The quantitative estimate of drug-likeness (QED) is 0.361. The van der Waals surface area contributed by atoms with E-state index in [1.165, 1.54) is 7.11 Å². The summed E-state index contributed by atoms with van der Waals surface area (Å²) in [4.78, 5) is 22.1. The van der Waals surface area contributed by atoms with Gasteiger partial charge in [-0.25, -0.2) is 0 Å². The minimum absolute atomic E-state index is 0.0585. The SMILES string of the molecule is COC(=O)C1CCC(CNCCc2ccccc2[N+](=O)[O-])CC1. The van der Waals surface area contributed by atoms with E-state index in [0.29, 0.717) is 12.3 Å². The summed E-state index contributed by atoms with van der Waals surface area (Å²) < 4.78 is 4.79. The molecule has 6 nitrogen and oxygen atoms in total. The number of ether oxygens (including phenoxy) is 1. The Balaban J connectivity index is 1.69. The summed E-state index contributed by atoms with van der Waals surface area (Å²) in [7, 11) is 1.44. The molecule has 0 amide bonds. The summed E-state index contributed by atoms with van der Waals surface area (Å²) >= 11 is 0. The molecule has 1 saturated carbocycles. The fraction of sp³-hybridized carbons (Fsp3) is 0.588. The van der Waals surface area contributed by atoms with E-state index in [9.17, 15) is 14.9 Å². The van der Waals surface area contributed by atoms with Gasteiger partial charge in [0, 0.05) is 11.6 Å². The van der Waals surface area contributed by atoms with Crippen molar-refractivity contribution >= 4 is 11.7 Å². The van der Waals surface area contributed by atoms with Crippen molar-refractivity contribution in [3.63, 3.8) is 0 Å². The Labute approximate surface area is 136 Å². The summed E-state index contributed by atoms with van der Waals surface area (Å²) in [5.74, 6) is 0.540. The van der Waals surface area contributed by atoms with E-state index >= 15 is 0 Å². The molecule has 0 aromatic heterocycles. The maximum atomic E-state index is 11.5. The predicted molar refractivity (Wildman–Crippen MR) is 87.1 cm³/mol. The summed E-state index contributed by atoms with van der Waals surface area (Å²) in [6.45, 7) is 1.62. The fourth-order valence-electron chi connectivity index (χ4n) is 3.20. The van der Waals surface area contributed by atoms with Crippen LogP contribution < -0.4 is 5.32 Å². The van der Waals surface area contributed by atoms with E-state index in [1.807, 2.05) is 6.07 Å². The third-order valence-electron chi connectivity index (χ3n) is 4.57. The van der Waals surface area contributed by atoms with Crippen molar-refractivity contribution in [3.8, 4) is 0 Å². The fourth-order valence-corrected chi connectivity index (χ4v) is 3.20. The van der Waals surface area contributed by atoms with Crippen LogP contribution in [-0.4, -0.2) is 31.1 Å². The van der Waals surface area contributed by atoms with Gasteiger partial charge in [0.25, 0.3) is 5.69 Å². The third-order valence-corrected chi connectivity index (χ3v) is 4.57. The first kappa shape index (κ1) is 17.4. The van der Waals surface area contributed by atoms with Crippen LogP contribution in [0.15, 0.2) is 24.3 Å². The number of hydrogen-bond donors (Lipinski definition) is 1. The molecule has 0 radical (unpaired) electrons. The van der Waals surface area contributed by atoms with Gasteiger partial charge in [-0.1, -0.05) is 18.2 Å². The number of methoxy groups -OCH3 is 1. The number of para-hydroxylation sites is 1. The van der Waals surface area contributed by atoms with Gasteiger partial charge in [0.2, 0.25) is 0 Å². The molecule has 1 aliphatic rings. The second-order valence-corrected chi connectivity index (χ2v) is 6.08. The van der Waals surface area contributed by atoms with Crippen molar-refractivity contribution in [1.29, 1.82) is 0 Å². The van der Waals surface area contributed by atoms with Crippen molar-refractivity contribution < 1.29 is 14.5 Å². The van der Waals surface area contributed by atoms with Crippen molar-refractivity contribution in [2.75, 3.05) is 20.2 Å². The van der Waals surface area contributed by atoms with Crippen LogP contribution in [0.1, 0.15) is 31.2 Å². The van der Waals surface area contributed by atoms with Crippen molar-refractivity contribution in [2.24, 2.45) is 11.8 Å². The van der Waals surface area contributed by atoms with E-state index in [2.05, 4.69) is 5.32 Å². The maximum Gasteiger partial charge on any atom is 0.308 e. The Morgan fingerprint density at radius 3 is 2.65 bits per heavy atom. The van der Waals surface area contributed by atoms with Gasteiger partial charge in [-0.15, -0.1) is 0 Å². The van der Waals surface area contributed by atoms with E-state index in [0.717, 1.165) is 44.3 Å². The maximum absolute atomic E-state index is 11.5. The molecule has 6 heteroatoms. The number of nitrogens with one attached hydrogen (secondary N) is 1. The molecule has 0 atom stereocenters. The molecule has 1 N–H and O–H groups in total. The van der Waals surface area contributed by atoms with E-state index in [-0.39, 0.29) is 22.5 Å². The number of esters is 1. The van der Waals surface area contributed by atoms with Crippen LogP contribution in [0.2, 0.25) is 0 Å². The molecule has 1 aromatic rings. The normalized spacial score (nSPS) is 20.9. The van der Waals surface area contributed by atoms with Gasteiger partial charge in [-0.2, -0.15) is 0 Å². The zero-order chi connectivity index (χ0) is 16.7. The number of carbonyl (C=O) groups is 1. The largest absolute Gasteiger partial charge is 0.469 e. The predicted octanol–water partition coefficient (Wildman–Crippen LogP) is 2.71. The molecular formula is C17H24N2O4. The molecule has 1 aromatic carbocycles. The van der Waals surface area contributed by atoms with Crippen molar-refractivity contribution in [3.05, 3.63) is 39.9 Å². The zero-order valence-corrected chi connectivity index (χ0v) is 13.5. The van der Waals surface area contributed by atoms with Crippen molar-refractivity contribution in [1.82, 2.24) is 5.32 Å². The molecule has 1 fully saturated rings. The topological polar surface area (TPSA) is 81.5 Å². The minimum Gasteiger partial charge on any atom is -0.469 e. The van der Waals surface area contributed by atoms with Gasteiger partial charge in [0.1, 0.15) is 0 Å². The zero-order valence-electron chi connectivity index (χ0n) is 13.5. The Bertz CT molecular complexity index is 539. The average molecular weight is 320 g/mol. The first-order chi connectivity index (χ1) is 11.1. The average Bonchev–Trinajstić information content (AvgIpc) is 2.58. The molecule has 0 heterocycles. The van der Waals surface area contributed by atoms with Crippen LogP contribution in [0.3, 0.4) is 0 Å². The van der Waals surface area contributed by atoms with Crippen molar-refractivity contribution in [2.45, 2.75) is 32.1 Å². The lowest BCUT2D eigenvalue weighted by atomic mass is 9.82. The first-order valence-electron chi connectivity index (χ1n) is 8.12. The number of nitro benzene ring substituents is 1. The third kappa shape index (κ3) is 5.03. The monoisotopic (exact) mass is 320 g/mol. The molecule has 2 rings (SSSR count). The van der Waals surface area contributed by atoms with Gasteiger partial charge in [0.15, 0.2) is 0 Å². The van der Waals surface area contributed by atoms with E-state index in [1.54, 1.807) is 18.2 Å². The lowest BCUT2D eigenvalue weighted by Crippen LogP contribution is -2.30. The number of rotatable bonds is 7. The lowest BCUT2D eigenvalue weighted by molar-refractivity contribution is -0.385. The first-order valence-corrected chi connectivity index (χ1v) is 8.12. The number of hydrogen-bond acceptors (Lipinski definition) is 5. The smallest absolute Gasteiger partial charge is 0.308 e. The van der Waals surface area contributed by atoms with Crippen LogP contribution >= 0.6 is 0 Å². The Morgan fingerprint density at radius 1 is 1.30 bits per heavy atom. The summed E-state index contributed by atoms with van der Waals surface area (Å²) in [5.41, 5.74) is 0.951. The number of nitro groups is 1. The second-order valence-electron chi connectivity index (χ2n) is 6.08. The van der Waals surface area contributed by atoms with Crippen LogP contribution in [-0.2, 0) is 16.0 Å². The molecule has 23 heavy (non-hydrogen) atoms. The van der Waals surface area contributed by atoms with Gasteiger partial charge in [-0.3, -0.25) is 14.9 Å².